The molecule has 5 nitrogen and oxygen atoms in total. The van der Waals surface area contributed by atoms with Gasteiger partial charge in [-0.25, -0.2) is 4.79 Å². The fraction of sp³-hybridized carbons (Fsp3) is 0.500. The van der Waals surface area contributed by atoms with Crippen LogP contribution >= 0.6 is 0 Å². The molecule has 1 aliphatic rings. The predicted octanol–water partition coefficient (Wildman–Crippen LogP) is 2.39. The molecule has 2 rings (SSSR count). The molecule has 3 amide bonds. The molecule has 3 N–H and O–H groups in total. The maximum atomic E-state index is 13.1. The van der Waals surface area contributed by atoms with Gasteiger partial charge in [0, 0.05) is 19.0 Å². The fourth-order valence-corrected chi connectivity index (χ4v) is 2.53. The minimum Gasteiger partial charge on any atom is -0.351 e. The van der Waals surface area contributed by atoms with Gasteiger partial charge in [0.15, 0.2) is 0 Å². The lowest BCUT2D eigenvalue weighted by atomic mass is 10.0. The maximum absolute atomic E-state index is 13.1. The number of rotatable bonds is 4. The maximum Gasteiger partial charge on any atom is 0.416 e. The molecule has 24 heavy (non-hydrogen) atoms. The summed E-state index contributed by atoms with van der Waals surface area (Å²) in [7, 11) is 1.42. The van der Waals surface area contributed by atoms with Crippen LogP contribution in [-0.4, -0.2) is 30.6 Å². The second-order valence-electron chi connectivity index (χ2n) is 6.34. The molecule has 0 aromatic heterocycles. The van der Waals surface area contributed by atoms with Crippen LogP contribution < -0.4 is 16.0 Å². The van der Waals surface area contributed by atoms with E-state index in [1.807, 2.05) is 0 Å². The van der Waals surface area contributed by atoms with E-state index in [1.54, 1.807) is 6.07 Å². The number of hydrogen-bond acceptors (Lipinski definition) is 2. The van der Waals surface area contributed by atoms with Crippen LogP contribution in [-0.2, 0) is 11.0 Å². The summed E-state index contributed by atoms with van der Waals surface area (Å²) in [4.78, 5) is 23.6. The predicted molar refractivity (Wildman–Crippen MR) is 82.4 cm³/mol. The van der Waals surface area contributed by atoms with Crippen LogP contribution in [0.5, 0.6) is 0 Å². The molecule has 132 valence electrons. The van der Waals surface area contributed by atoms with Crippen LogP contribution in [0.15, 0.2) is 24.3 Å². The molecular formula is C16H20F3N3O2. The van der Waals surface area contributed by atoms with Crippen LogP contribution in [0.1, 0.15) is 37.3 Å². The number of amides is 3. The second kappa shape index (κ2) is 6.33. The first-order chi connectivity index (χ1) is 11.1. The van der Waals surface area contributed by atoms with E-state index in [9.17, 15) is 22.8 Å². The number of alkyl halides is 3. The Kier molecular flexibility index (Phi) is 4.77. The van der Waals surface area contributed by atoms with Gasteiger partial charge in [0.2, 0.25) is 5.91 Å². The summed E-state index contributed by atoms with van der Waals surface area (Å²) in [6.07, 6.45) is -3.98. The Bertz CT molecular complexity index is 644. The van der Waals surface area contributed by atoms with Crippen molar-refractivity contribution in [3.8, 4) is 0 Å². The Labute approximate surface area is 138 Å². The summed E-state index contributed by atoms with van der Waals surface area (Å²) in [5.74, 6) is -0.814. The molecule has 0 aliphatic heterocycles. The third-order valence-corrected chi connectivity index (χ3v) is 3.99. The molecule has 0 spiro atoms. The highest BCUT2D eigenvalue weighted by atomic mass is 19.4. The van der Waals surface area contributed by atoms with E-state index in [2.05, 4.69) is 16.0 Å². The lowest BCUT2D eigenvalue weighted by Crippen LogP contribution is -2.57. The molecule has 0 radical (unpaired) electrons. The summed E-state index contributed by atoms with van der Waals surface area (Å²) >= 11 is 0. The monoisotopic (exact) mass is 343 g/mol. The Balaban J connectivity index is 2.04. The zero-order valence-electron chi connectivity index (χ0n) is 13.6. The summed E-state index contributed by atoms with van der Waals surface area (Å²) in [5.41, 5.74) is -1.65. The molecular weight excluding hydrogens is 323 g/mol. The van der Waals surface area contributed by atoms with Crippen molar-refractivity contribution in [2.75, 3.05) is 7.05 Å². The smallest absolute Gasteiger partial charge is 0.351 e. The van der Waals surface area contributed by atoms with Gasteiger partial charge >= 0.3 is 12.2 Å². The van der Waals surface area contributed by atoms with Gasteiger partial charge in [0.05, 0.1) is 5.56 Å². The molecule has 0 saturated heterocycles. The number of halogens is 3. The second-order valence-corrected chi connectivity index (χ2v) is 6.34. The highest BCUT2D eigenvalue weighted by Crippen LogP contribution is 2.46. The van der Waals surface area contributed by atoms with E-state index in [0.29, 0.717) is 6.42 Å². The van der Waals surface area contributed by atoms with Crippen LogP contribution in [0, 0.1) is 0 Å². The van der Waals surface area contributed by atoms with E-state index in [1.165, 1.54) is 33.0 Å². The van der Waals surface area contributed by atoms with E-state index in [0.717, 1.165) is 6.07 Å². The van der Waals surface area contributed by atoms with E-state index in [-0.39, 0.29) is 17.5 Å². The molecule has 1 fully saturated rings. The van der Waals surface area contributed by atoms with Gasteiger partial charge in [0.25, 0.3) is 0 Å². The van der Waals surface area contributed by atoms with Gasteiger partial charge in [-0.2, -0.15) is 13.2 Å². The van der Waals surface area contributed by atoms with Gasteiger partial charge in [0.1, 0.15) is 5.54 Å². The standard InChI is InChI=1S/C16H20F3N3O2/c1-15(2,22-14(24)20-3)13(23)21-12-8-10(12)9-6-4-5-7-11(9)16(17,18)19/h4-7,10,12H,8H2,1-3H3,(H,21,23)(H2,20,22,24)/t10-,12-/m0/s1. The molecule has 0 bridgehead atoms. The van der Waals surface area contributed by atoms with Crippen LogP contribution in [0.3, 0.4) is 0 Å². The van der Waals surface area contributed by atoms with Gasteiger partial charge < -0.3 is 16.0 Å². The SMILES string of the molecule is CNC(=O)NC(C)(C)C(=O)N[C@H]1C[C@H]1c1ccccc1C(F)(F)F. The topological polar surface area (TPSA) is 70.2 Å². The van der Waals surface area contributed by atoms with E-state index < -0.39 is 29.2 Å². The molecule has 1 aromatic rings. The molecule has 1 aliphatic carbocycles. The zero-order valence-corrected chi connectivity index (χ0v) is 13.6. The lowest BCUT2D eigenvalue weighted by Gasteiger charge is -2.25. The van der Waals surface area contributed by atoms with E-state index >= 15 is 0 Å². The molecule has 0 heterocycles. The Morgan fingerprint density at radius 2 is 1.79 bits per heavy atom. The van der Waals surface area contributed by atoms with Crippen LogP contribution in [0.4, 0.5) is 18.0 Å². The normalized spacial score (nSPS) is 20.2. The van der Waals surface area contributed by atoms with Gasteiger partial charge in [-0.05, 0) is 31.9 Å². The van der Waals surface area contributed by atoms with Crippen LogP contribution in [0.2, 0.25) is 0 Å². The molecule has 1 saturated carbocycles. The molecule has 2 atom stereocenters. The first kappa shape index (κ1) is 18.1. The summed E-state index contributed by atoms with van der Waals surface area (Å²) < 4.78 is 39.2. The van der Waals surface area contributed by atoms with Crippen molar-refractivity contribution in [3.05, 3.63) is 35.4 Å². The number of carbonyl (C=O) groups is 2. The van der Waals surface area contributed by atoms with Gasteiger partial charge in [-0.15, -0.1) is 0 Å². The van der Waals surface area contributed by atoms with Crippen molar-refractivity contribution >= 4 is 11.9 Å². The fourth-order valence-electron chi connectivity index (χ4n) is 2.53. The Morgan fingerprint density at radius 3 is 2.38 bits per heavy atom. The minimum atomic E-state index is -4.42. The highest BCUT2D eigenvalue weighted by molar-refractivity contribution is 5.90. The quantitative estimate of drug-likeness (QED) is 0.786. The van der Waals surface area contributed by atoms with Crippen molar-refractivity contribution in [1.29, 1.82) is 0 Å². The Hall–Kier alpha value is -2.25. The number of carbonyl (C=O) groups excluding carboxylic acids is 2. The summed E-state index contributed by atoms with van der Waals surface area (Å²) in [6, 6.07) is 4.51. The average Bonchev–Trinajstić information content (AvgIpc) is 3.24. The summed E-state index contributed by atoms with van der Waals surface area (Å²) in [6.45, 7) is 3.05. The van der Waals surface area contributed by atoms with Gasteiger partial charge in [-0.3, -0.25) is 4.79 Å². The van der Waals surface area contributed by atoms with E-state index in [4.69, 9.17) is 0 Å². The lowest BCUT2D eigenvalue weighted by molar-refractivity contribution is -0.138. The highest BCUT2D eigenvalue weighted by Gasteiger charge is 2.46. The minimum absolute atomic E-state index is 0.187. The molecule has 0 unspecified atom stereocenters. The van der Waals surface area contributed by atoms with Gasteiger partial charge in [-0.1, -0.05) is 18.2 Å². The molecule has 8 heteroatoms. The zero-order chi connectivity index (χ0) is 18.1. The Morgan fingerprint density at radius 1 is 1.17 bits per heavy atom. The third-order valence-electron chi connectivity index (χ3n) is 3.99. The first-order valence-electron chi connectivity index (χ1n) is 7.53. The third kappa shape index (κ3) is 3.98. The van der Waals surface area contributed by atoms with Crippen molar-refractivity contribution in [2.24, 2.45) is 0 Å². The van der Waals surface area contributed by atoms with Crippen molar-refractivity contribution < 1.29 is 22.8 Å². The number of urea groups is 1. The first-order valence-corrected chi connectivity index (χ1v) is 7.53. The number of hydrogen-bond donors (Lipinski definition) is 3. The van der Waals surface area contributed by atoms with Crippen molar-refractivity contribution in [1.82, 2.24) is 16.0 Å². The van der Waals surface area contributed by atoms with Crippen molar-refractivity contribution in [2.45, 2.75) is 43.9 Å². The van der Waals surface area contributed by atoms with Crippen LogP contribution in [0.25, 0.3) is 0 Å². The number of nitrogens with one attached hydrogen (secondary N) is 3. The largest absolute Gasteiger partial charge is 0.416 e. The van der Waals surface area contributed by atoms with Crippen molar-refractivity contribution in [3.63, 3.8) is 0 Å². The molecule has 1 aromatic carbocycles. The summed E-state index contributed by atoms with van der Waals surface area (Å²) in [5, 5.41) is 7.54. The average molecular weight is 343 g/mol. The number of benzene rings is 1.